The van der Waals surface area contributed by atoms with Crippen LogP contribution in [-0.2, 0) is 11.2 Å². The molecular formula is C19H27Cl2F2N3O2. The lowest BCUT2D eigenvalue weighted by molar-refractivity contribution is -0.130. The van der Waals surface area contributed by atoms with Crippen LogP contribution in [0.25, 0.3) is 11.3 Å². The van der Waals surface area contributed by atoms with E-state index < -0.39 is 11.6 Å². The van der Waals surface area contributed by atoms with Crippen molar-refractivity contribution in [2.45, 2.75) is 39.2 Å². The summed E-state index contributed by atoms with van der Waals surface area (Å²) in [7, 11) is 1.74. The molecule has 0 aliphatic heterocycles. The monoisotopic (exact) mass is 437 g/mol. The van der Waals surface area contributed by atoms with Gasteiger partial charge in [0.05, 0.1) is 11.8 Å². The number of hydrogen-bond acceptors (Lipinski definition) is 4. The van der Waals surface area contributed by atoms with E-state index in [1.54, 1.807) is 11.9 Å². The summed E-state index contributed by atoms with van der Waals surface area (Å²) < 4.78 is 32.2. The Morgan fingerprint density at radius 2 is 1.96 bits per heavy atom. The van der Waals surface area contributed by atoms with Crippen molar-refractivity contribution in [3.8, 4) is 11.3 Å². The van der Waals surface area contributed by atoms with Crippen LogP contribution in [0.3, 0.4) is 0 Å². The van der Waals surface area contributed by atoms with E-state index in [1.807, 2.05) is 0 Å². The van der Waals surface area contributed by atoms with Gasteiger partial charge in [0.2, 0.25) is 5.91 Å². The number of carbonyl (C=O) groups excluding carboxylic acids is 1. The summed E-state index contributed by atoms with van der Waals surface area (Å²) >= 11 is 0. The van der Waals surface area contributed by atoms with E-state index >= 15 is 0 Å². The molecule has 0 aliphatic carbocycles. The van der Waals surface area contributed by atoms with E-state index in [1.165, 1.54) is 12.3 Å². The predicted octanol–water partition coefficient (Wildman–Crippen LogP) is 4.23. The maximum atomic E-state index is 13.8. The van der Waals surface area contributed by atoms with Crippen molar-refractivity contribution in [2.75, 3.05) is 13.6 Å². The Kier molecular flexibility index (Phi) is 11.3. The van der Waals surface area contributed by atoms with Crippen molar-refractivity contribution >= 4 is 30.7 Å². The van der Waals surface area contributed by atoms with Gasteiger partial charge in [-0.05, 0) is 24.5 Å². The number of benzene rings is 1. The molecule has 0 saturated heterocycles. The number of halogens is 4. The number of nitrogens with zero attached hydrogens (tertiary/aromatic N) is 2. The van der Waals surface area contributed by atoms with Crippen molar-refractivity contribution in [1.29, 1.82) is 0 Å². The molecule has 0 aliphatic rings. The fourth-order valence-corrected chi connectivity index (χ4v) is 2.45. The lowest BCUT2D eigenvalue weighted by Crippen LogP contribution is -2.34. The second-order valence-electron chi connectivity index (χ2n) is 6.75. The summed E-state index contributed by atoms with van der Waals surface area (Å²) in [6, 6.07) is 3.30. The fourth-order valence-electron chi connectivity index (χ4n) is 2.45. The quantitative estimate of drug-likeness (QED) is 0.670. The topological polar surface area (TPSA) is 72.4 Å². The van der Waals surface area contributed by atoms with Crippen LogP contribution >= 0.6 is 24.8 Å². The van der Waals surface area contributed by atoms with Gasteiger partial charge in [0.15, 0.2) is 11.7 Å². The minimum Gasteiger partial charge on any atom is -0.441 e. The zero-order valence-corrected chi connectivity index (χ0v) is 17.8. The number of aromatic nitrogens is 1. The van der Waals surface area contributed by atoms with Gasteiger partial charge in [-0.15, -0.1) is 24.8 Å². The Morgan fingerprint density at radius 1 is 1.29 bits per heavy atom. The molecule has 5 nitrogen and oxygen atoms in total. The first-order valence-electron chi connectivity index (χ1n) is 8.67. The molecule has 1 unspecified atom stereocenters. The number of nitrogens with two attached hydrogens (primary N) is 1. The first-order chi connectivity index (χ1) is 12.3. The van der Waals surface area contributed by atoms with Crippen molar-refractivity contribution in [2.24, 2.45) is 11.7 Å². The molecule has 28 heavy (non-hydrogen) atoms. The van der Waals surface area contributed by atoms with Gasteiger partial charge in [0.1, 0.15) is 11.6 Å². The van der Waals surface area contributed by atoms with Crippen LogP contribution in [0.1, 0.15) is 32.6 Å². The van der Waals surface area contributed by atoms with Crippen LogP contribution in [0.2, 0.25) is 0 Å². The largest absolute Gasteiger partial charge is 0.441 e. The molecule has 2 aromatic rings. The Bertz CT molecular complexity index is 757. The van der Waals surface area contributed by atoms with Gasteiger partial charge in [-0.2, -0.15) is 0 Å². The summed E-state index contributed by atoms with van der Waals surface area (Å²) in [6.07, 6.45) is 2.66. The second-order valence-corrected chi connectivity index (χ2v) is 6.75. The van der Waals surface area contributed by atoms with E-state index in [0.29, 0.717) is 24.8 Å². The van der Waals surface area contributed by atoms with E-state index in [-0.39, 0.29) is 54.5 Å². The van der Waals surface area contributed by atoms with E-state index in [4.69, 9.17) is 10.2 Å². The third-order valence-corrected chi connectivity index (χ3v) is 4.38. The lowest BCUT2D eigenvalue weighted by Gasteiger charge is -2.21. The summed E-state index contributed by atoms with van der Waals surface area (Å²) in [4.78, 5) is 17.9. The summed E-state index contributed by atoms with van der Waals surface area (Å²) in [5.74, 6) is -0.489. The van der Waals surface area contributed by atoms with Crippen LogP contribution < -0.4 is 5.73 Å². The van der Waals surface area contributed by atoms with Crippen LogP contribution in [0.5, 0.6) is 0 Å². The number of aryl methyl sites for hydroxylation is 1. The zero-order valence-electron chi connectivity index (χ0n) is 16.2. The maximum Gasteiger partial charge on any atom is 0.222 e. The maximum absolute atomic E-state index is 13.8. The Labute approximate surface area is 176 Å². The molecule has 0 spiro atoms. The summed E-state index contributed by atoms with van der Waals surface area (Å²) in [6.45, 7) is 4.70. The number of carbonyl (C=O) groups is 1. The van der Waals surface area contributed by atoms with Crippen LogP contribution in [0.15, 0.2) is 28.8 Å². The minimum absolute atomic E-state index is 0. The first-order valence-corrected chi connectivity index (χ1v) is 8.67. The number of oxazole rings is 1. The van der Waals surface area contributed by atoms with Crippen LogP contribution in [-0.4, -0.2) is 35.4 Å². The molecule has 158 valence electrons. The second kappa shape index (κ2) is 12.0. The van der Waals surface area contributed by atoms with Gasteiger partial charge in [-0.25, -0.2) is 13.8 Å². The number of hydrogen-bond donors (Lipinski definition) is 1. The van der Waals surface area contributed by atoms with Gasteiger partial charge in [0.25, 0.3) is 0 Å². The van der Waals surface area contributed by atoms with Crippen LogP contribution in [0, 0.1) is 17.6 Å². The smallest absolute Gasteiger partial charge is 0.222 e. The van der Waals surface area contributed by atoms with Crippen molar-refractivity contribution in [1.82, 2.24) is 9.88 Å². The highest BCUT2D eigenvalue weighted by atomic mass is 35.5. The molecular weight excluding hydrogens is 411 g/mol. The highest BCUT2D eigenvalue weighted by Gasteiger charge is 2.15. The zero-order chi connectivity index (χ0) is 19.3. The first kappa shape index (κ1) is 26.3. The Balaban J connectivity index is 0.00000364. The van der Waals surface area contributed by atoms with Gasteiger partial charge >= 0.3 is 0 Å². The molecule has 9 heteroatoms. The molecule has 0 fully saturated rings. The number of rotatable bonds is 8. The normalized spacial score (nSPS) is 11.5. The summed E-state index contributed by atoms with van der Waals surface area (Å²) in [5, 5.41) is 0. The molecule has 0 saturated carbocycles. The van der Waals surface area contributed by atoms with Crippen molar-refractivity contribution in [3.63, 3.8) is 0 Å². The van der Waals surface area contributed by atoms with Crippen molar-refractivity contribution in [3.05, 3.63) is 41.9 Å². The number of amides is 1. The van der Waals surface area contributed by atoms with Gasteiger partial charge < -0.3 is 15.1 Å². The predicted molar refractivity (Wildman–Crippen MR) is 110 cm³/mol. The molecule has 1 amide bonds. The molecule has 2 rings (SSSR count). The van der Waals surface area contributed by atoms with Crippen LogP contribution in [0.4, 0.5) is 8.78 Å². The molecule has 0 radical (unpaired) electrons. The Hall–Kier alpha value is -1.70. The third-order valence-electron chi connectivity index (χ3n) is 4.38. The summed E-state index contributed by atoms with van der Waals surface area (Å²) in [5.41, 5.74) is 6.13. The van der Waals surface area contributed by atoms with E-state index in [2.05, 4.69) is 18.8 Å². The lowest BCUT2D eigenvalue weighted by atomic mass is 10.0. The van der Waals surface area contributed by atoms with E-state index in [0.717, 1.165) is 18.6 Å². The van der Waals surface area contributed by atoms with Gasteiger partial charge in [-0.3, -0.25) is 4.79 Å². The average molecular weight is 438 g/mol. The highest BCUT2D eigenvalue weighted by Crippen LogP contribution is 2.24. The standard InChI is InChI=1S/C19H25F2N3O2.2ClH/c1-12(2)16(22)8-9-24(3)19(25)7-6-18-23-11-17(26-18)14-5-4-13(20)10-15(14)21;;/h4-5,10-12,16H,6-9,22H2,1-3H3;2*1H. The molecule has 1 heterocycles. The molecule has 2 N–H and O–H groups in total. The van der Waals surface area contributed by atoms with E-state index in [9.17, 15) is 13.6 Å². The fraction of sp³-hybridized carbons (Fsp3) is 0.474. The molecule has 1 aromatic carbocycles. The highest BCUT2D eigenvalue weighted by molar-refractivity contribution is 5.85. The van der Waals surface area contributed by atoms with Crippen molar-refractivity contribution < 1.29 is 18.0 Å². The Morgan fingerprint density at radius 3 is 2.57 bits per heavy atom. The molecule has 0 bridgehead atoms. The molecule has 1 atom stereocenters. The third kappa shape index (κ3) is 7.37. The van der Waals surface area contributed by atoms with Gasteiger partial charge in [0, 0.05) is 38.5 Å². The SMILES string of the molecule is CC(C)C(N)CCN(C)C(=O)CCc1ncc(-c2ccc(F)cc2F)o1.Cl.Cl. The molecule has 1 aromatic heterocycles. The average Bonchev–Trinajstić information content (AvgIpc) is 3.05. The van der Waals surface area contributed by atoms with Gasteiger partial charge in [-0.1, -0.05) is 13.8 Å². The minimum atomic E-state index is -0.718.